The quantitative estimate of drug-likeness (QED) is 0.303. The van der Waals surface area contributed by atoms with E-state index in [0.29, 0.717) is 54.7 Å². The number of rotatable bonds is 9. The fourth-order valence-electron chi connectivity index (χ4n) is 4.62. The van der Waals surface area contributed by atoms with E-state index in [0.717, 1.165) is 11.1 Å². The molecule has 37 heavy (non-hydrogen) atoms. The minimum absolute atomic E-state index is 0.0962. The third-order valence-corrected chi connectivity index (χ3v) is 8.35. The summed E-state index contributed by atoms with van der Waals surface area (Å²) >= 11 is 0. The molecule has 3 aromatic carbocycles. The van der Waals surface area contributed by atoms with Gasteiger partial charge < -0.3 is 9.15 Å². The van der Waals surface area contributed by atoms with Crippen LogP contribution >= 0.6 is 0 Å². The van der Waals surface area contributed by atoms with Crippen LogP contribution in [0, 0.1) is 11.3 Å². The number of benzene rings is 3. The van der Waals surface area contributed by atoms with Gasteiger partial charge in [0, 0.05) is 24.4 Å². The third kappa shape index (κ3) is 5.43. The molecule has 1 aliphatic rings. The Balaban J connectivity index is 1.21. The fraction of sp³-hybridized carbons (Fsp3) is 0.241. The molecule has 188 valence electrons. The number of Topliss-reactive ketones (excluding diaryl/α,β-unsaturated/α-hetero) is 1. The van der Waals surface area contributed by atoms with E-state index >= 15 is 0 Å². The topological polar surface area (TPSA) is 101 Å². The molecule has 5 rings (SSSR count). The second-order valence-electron chi connectivity index (χ2n) is 9.09. The van der Waals surface area contributed by atoms with Crippen LogP contribution in [-0.2, 0) is 27.8 Å². The average molecular weight is 515 g/mol. The molecule has 8 heteroatoms. The minimum atomic E-state index is -3.91. The Bertz CT molecular complexity index is 1530. The van der Waals surface area contributed by atoms with Crippen molar-refractivity contribution >= 4 is 26.8 Å². The van der Waals surface area contributed by atoms with Gasteiger partial charge in [-0.15, -0.1) is 0 Å². The molecule has 0 bridgehead atoms. The number of sulfonamides is 1. The SMILES string of the molecule is N#Cc1ccc(COc2cccc(CCC(=O)[C@@H]3CCCN3S(=O)(=O)c3cc4ccccc4o3)c2)cc1. The van der Waals surface area contributed by atoms with Crippen LogP contribution in [-0.4, -0.2) is 31.1 Å². The van der Waals surface area contributed by atoms with Crippen LogP contribution in [0.4, 0.5) is 0 Å². The molecule has 0 N–H and O–H groups in total. The smallest absolute Gasteiger partial charge is 0.277 e. The van der Waals surface area contributed by atoms with E-state index in [-0.39, 0.29) is 17.3 Å². The summed E-state index contributed by atoms with van der Waals surface area (Å²) in [6.45, 7) is 0.666. The van der Waals surface area contributed by atoms with Crippen LogP contribution in [0.3, 0.4) is 0 Å². The lowest BCUT2D eigenvalue weighted by atomic mass is 10.0. The first-order chi connectivity index (χ1) is 17.9. The van der Waals surface area contributed by atoms with Crippen LogP contribution in [0.5, 0.6) is 5.75 Å². The van der Waals surface area contributed by atoms with Gasteiger partial charge in [0.1, 0.15) is 17.9 Å². The molecule has 0 radical (unpaired) electrons. The second-order valence-corrected chi connectivity index (χ2v) is 10.9. The largest absolute Gasteiger partial charge is 0.489 e. The summed E-state index contributed by atoms with van der Waals surface area (Å²) in [5, 5.41) is 9.51. The fourth-order valence-corrected chi connectivity index (χ4v) is 6.25. The maximum absolute atomic E-state index is 13.3. The summed E-state index contributed by atoms with van der Waals surface area (Å²) in [5.74, 6) is 0.588. The van der Waals surface area contributed by atoms with Crippen molar-refractivity contribution in [2.75, 3.05) is 6.54 Å². The lowest BCUT2D eigenvalue weighted by Crippen LogP contribution is -2.40. The van der Waals surface area contributed by atoms with Crippen LogP contribution < -0.4 is 4.74 Å². The van der Waals surface area contributed by atoms with Gasteiger partial charge in [-0.3, -0.25) is 4.79 Å². The number of para-hydroxylation sites is 1. The highest BCUT2D eigenvalue weighted by molar-refractivity contribution is 7.89. The Hall–Kier alpha value is -3.93. The Morgan fingerprint density at radius 1 is 1.03 bits per heavy atom. The minimum Gasteiger partial charge on any atom is -0.489 e. The summed E-state index contributed by atoms with van der Waals surface area (Å²) in [6, 6.07) is 24.8. The van der Waals surface area contributed by atoms with E-state index in [1.54, 1.807) is 30.3 Å². The lowest BCUT2D eigenvalue weighted by molar-refractivity contribution is -0.122. The number of carbonyl (C=O) groups is 1. The van der Waals surface area contributed by atoms with Crippen LogP contribution in [0.1, 0.15) is 36.0 Å². The van der Waals surface area contributed by atoms with E-state index in [1.165, 1.54) is 10.4 Å². The van der Waals surface area contributed by atoms with Crippen molar-refractivity contribution in [3.05, 3.63) is 95.6 Å². The van der Waals surface area contributed by atoms with Crippen molar-refractivity contribution in [3.63, 3.8) is 0 Å². The molecule has 4 aromatic rings. The number of aryl methyl sites for hydroxylation is 1. The number of nitrogens with zero attached hydrogens (tertiary/aromatic N) is 2. The Morgan fingerprint density at radius 3 is 2.62 bits per heavy atom. The van der Waals surface area contributed by atoms with E-state index < -0.39 is 16.1 Å². The molecule has 1 aromatic heterocycles. The summed E-state index contributed by atoms with van der Waals surface area (Å²) < 4.78 is 39.4. The van der Waals surface area contributed by atoms with Crippen molar-refractivity contribution in [1.29, 1.82) is 5.26 Å². The molecule has 0 saturated carbocycles. The molecule has 1 atom stereocenters. The van der Waals surface area contributed by atoms with E-state index in [4.69, 9.17) is 14.4 Å². The Kier molecular flexibility index (Phi) is 7.08. The number of nitriles is 1. The van der Waals surface area contributed by atoms with Crippen molar-refractivity contribution in [2.24, 2.45) is 0 Å². The van der Waals surface area contributed by atoms with E-state index in [2.05, 4.69) is 6.07 Å². The summed E-state index contributed by atoms with van der Waals surface area (Å²) in [6.07, 6.45) is 1.86. The van der Waals surface area contributed by atoms with Crippen molar-refractivity contribution in [1.82, 2.24) is 4.31 Å². The first kappa shape index (κ1) is 24.8. The molecular formula is C29H26N2O5S. The first-order valence-corrected chi connectivity index (χ1v) is 13.6. The predicted molar refractivity (Wildman–Crippen MR) is 138 cm³/mol. The zero-order valence-corrected chi connectivity index (χ0v) is 21.0. The average Bonchev–Trinajstić information content (AvgIpc) is 3.60. The Morgan fingerprint density at radius 2 is 1.84 bits per heavy atom. The van der Waals surface area contributed by atoms with Gasteiger partial charge in [0.25, 0.3) is 10.0 Å². The van der Waals surface area contributed by atoms with Crippen molar-refractivity contribution < 1.29 is 22.4 Å². The van der Waals surface area contributed by atoms with Crippen molar-refractivity contribution in [2.45, 2.75) is 43.4 Å². The van der Waals surface area contributed by atoms with E-state index in [9.17, 15) is 13.2 Å². The number of hydrogen-bond acceptors (Lipinski definition) is 6. The number of ether oxygens (including phenoxy) is 1. The summed E-state index contributed by atoms with van der Waals surface area (Å²) in [5.41, 5.74) is 2.99. The summed E-state index contributed by atoms with van der Waals surface area (Å²) in [7, 11) is -3.91. The van der Waals surface area contributed by atoms with Crippen LogP contribution in [0.15, 0.2) is 88.4 Å². The van der Waals surface area contributed by atoms with Gasteiger partial charge in [-0.2, -0.15) is 9.57 Å². The van der Waals surface area contributed by atoms with Gasteiger partial charge >= 0.3 is 0 Å². The van der Waals surface area contributed by atoms with E-state index in [1.807, 2.05) is 42.5 Å². The molecule has 1 aliphatic heterocycles. The molecular weight excluding hydrogens is 488 g/mol. The number of fused-ring (bicyclic) bond motifs is 1. The normalized spacial score (nSPS) is 16.0. The molecule has 0 aliphatic carbocycles. The highest BCUT2D eigenvalue weighted by Gasteiger charge is 2.40. The molecule has 0 spiro atoms. The first-order valence-electron chi connectivity index (χ1n) is 12.2. The number of furan rings is 1. The van der Waals surface area contributed by atoms with Gasteiger partial charge in [0.15, 0.2) is 5.78 Å². The predicted octanol–water partition coefficient (Wildman–Crippen LogP) is 5.24. The monoisotopic (exact) mass is 514 g/mol. The molecule has 1 fully saturated rings. The molecule has 1 saturated heterocycles. The molecule has 0 amide bonds. The Labute approximate surface area is 215 Å². The standard InChI is InChI=1S/C29H26N2O5S/c30-19-22-10-12-23(13-11-22)20-35-25-7-3-5-21(17-25)14-15-27(32)26-8-4-16-31(26)37(33,34)29-18-24-6-1-2-9-28(24)36-29/h1-3,5-7,9-13,17-18,26H,4,8,14-16,20H2/t26-/m0/s1. The lowest BCUT2D eigenvalue weighted by Gasteiger charge is -2.21. The zero-order valence-electron chi connectivity index (χ0n) is 20.2. The maximum atomic E-state index is 13.3. The number of hydrogen-bond donors (Lipinski definition) is 0. The molecule has 0 unspecified atom stereocenters. The van der Waals surface area contributed by atoms with Gasteiger partial charge in [-0.05, 0) is 60.7 Å². The van der Waals surface area contributed by atoms with Gasteiger partial charge in [-0.25, -0.2) is 8.42 Å². The second kappa shape index (κ2) is 10.6. The van der Waals surface area contributed by atoms with Gasteiger partial charge in [0.2, 0.25) is 5.09 Å². The summed E-state index contributed by atoms with van der Waals surface area (Å²) in [4.78, 5) is 13.1. The highest BCUT2D eigenvalue weighted by Crippen LogP contribution is 2.31. The third-order valence-electron chi connectivity index (χ3n) is 6.59. The number of ketones is 1. The van der Waals surface area contributed by atoms with Gasteiger partial charge in [0.05, 0.1) is 17.7 Å². The molecule has 2 heterocycles. The number of carbonyl (C=O) groups excluding carboxylic acids is 1. The zero-order chi connectivity index (χ0) is 25.8. The van der Waals surface area contributed by atoms with Crippen molar-refractivity contribution in [3.8, 4) is 11.8 Å². The van der Waals surface area contributed by atoms with Crippen LogP contribution in [0.25, 0.3) is 11.0 Å². The van der Waals surface area contributed by atoms with Gasteiger partial charge in [-0.1, -0.05) is 42.5 Å². The maximum Gasteiger partial charge on any atom is 0.277 e. The molecule has 7 nitrogen and oxygen atoms in total. The highest BCUT2D eigenvalue weighted by atomic mass is 32.2. The van der Waals surface area contributed by atoms with Crippen LogP contribution in [0.2, 0.25) is 0 Å².